The van der Waals surface area contributed by atoms with Crippen LogP contribution in [0.3, 0.4) is 0 Å². The average molecular weight is 199 g/mol. The molecule has 3 unspecified atom stereocenters. The Labute approximate surface area is 88.8 Å². The van der Waals surface area contributed by atoms with Crippen molar-refractivity contribution in [2.75, 3.05) is 6.54 Å². The molecule has 1 aliphatic heterocycles. The molecule has 0 bridgehead atoms. The second kappa shape index (κ2) is 2.31. The highest BCUT2D eigenvalue weighted by atomic mass is 16.1. The number of aliphatic imine (C=N–C) groups is 1. The van der Waals surface area contributed by atoms with Crippen LogP contribution in [0.4, 0.5) is 0 Å². The summed E-state index contributed by atoms with van der Waals surface area (Å²) in [6.45, 7) is 0.982. The largest absolute Gasteiger partial charge is 0.294 e. The van der Waals surface area contributed by atoms with Crippen LogP contribution >= 0.6 is 0 Å². The van der Waals surface area contributed by atoms with Gasteiger partial charge in [-0.05, 0) is 24.3 Å². The first-order valence-electron chi connectivity index (χ1n) is 5.76. The minimum absolute atomic E-state index is 0.321. The number of nitrogens with zero attached hydrogens (tertiary/aromatic N) is 1. The van der Waals surface area contributed by atoms with Crippen molar-refractivity contribution in [3.05, 3.63) is 23.8 Å². The maximum absolute atomic E-state index is 11.9. The van der Waals surface area contributed by atoms with Crippen LogP contribution in [0.1, 0.15) is 19.3 Å². The zero-order chi connectivity index (χ0) is 10.0. The van der Waals surface area contributed by atoms with Gasteiger partial charge in [0.25, 0.3) is 0 Å². The summed E-state index contributed by atoms with van der Waals surface area (Å²) in [6, 6.07) is 0. The third-order valence-corrected chi connectivity index (χ3v) is 4.62. The molecule has 2 nitrogen and oxygen atoms in total. The fraction of sp³-hybridized carbons (Fsp3) is 0.538. The van der Waals surface area contributed by atoms with Crippen LogP contribution in [0.25, 0.3) is 0 Å². The van der Waals surface area contributed by atoms with Crippen molar-refractivity contribution in [2.24, 2.45) is 22.2 Å². The predicted molar refractivity (Wildman–Crippen MR) is 57.8 cm³/mol. The van der Waals surface area contributed by atoms with Crippen LogP contribution in [0.2, 0.25) is 0 Å². The fourth-order valence-corrected chi connectivity index (χ4v) is 3.80. The van der Waals surface area contributed by atoms with Crippen LogP contribution in [0.5, 0.6) is 0 Å². The maximum atomic E-state index is 11.9. The lowest BCUT2D eigenvalue weighted by atomic mass is 9.68. The summed E-state index contributed by atoms with van der Waals surface area (Å²) in [5.74, 6) is 1.55. The zero-order valence-electron chi connectivity index (χ0n) is 8.57. The monoisotopic (exact) mass is 199 g/mol. The van der Waals surface area contributed by atoms with Gasteiger partial charge in [0.15, 0.2) is 5.78 Å². The van der Waals surface area contributed by atoms with Crippen molar-refractivity contribution >= 4 is 11.5 Å². The van der Waals surface area contributed by atoms with Crippen LogP contribution in [-0.4, -0.2) is 18.0 Å². The third kappa shape index (κ3) is 0.782. The lowest BCUT2D eigenvalue weighted by Crippen LogP contribution is -2.37. The highest BCUT2D eigenvalue weighted by Crippen LogP contribution is 2.67. The number of fused-ring (bicyclic) bond motifs is 1. The van der Waals surface area contributed by atoms with Gasteiger partial charge in [-0.2, -0.15) is 0 Å². The number of Topliss-reactive ketones (excluding diaryl/α,β-unsaturated/α-hetero) is 1. The minimum Gasteiger partial charge on any atom is -0.294 e. The molecular formula is C13H13NO. The highest BCUT2D eigenvalue weighted by molar-refractivity contribution is 6.17. The summed E-state index contributed by atoms with van der Waals surface area (Å²) >= 11 is 0. The second-order valence-electron chi connectivity index (χ2n) is 5.17. The van der Waals surface area contributed by atoms with E-state index in [4.69, 9.17) is 0 Å². The van der Waals surface area contributed by atoms with Crippen LogP contribution in [0, 0.1) is 17.3 Å². The summed E-state index contributed by atoms with van der Waals surface area (Å²) in [7, 11) is 0. The fourth-order valence-electron chi connectivity index (χ4n) is 3.80. The van der Waals surface area contributed by atoms with Crippen molar-refractivity contribution in [1.82, 2.24) is 0 Å². The molecule has 0 amide bonds. The maximum Gasteiger partial charge on any atom is 0.164 e. The van der Waals surface area contributed by atoms with E-state index in [0.717, 1.165) is 24.5 Å². The van der Waals surface area contributed by atoms with Crippen LogP contribution < -0.4 is 0 Å². The first kappa shape index (κ1) is 8.03. The van der Waals surface area contributed by atoms with Gasteiger partial charge in [0.1, 0.15) is 0 Å². The van der Waals surface area contributed by atoms with Gasteiger partial charge in [0, 0.05) is 30.0 Å². The molecule has 3 aliphatic carbocycles. The van der Waals surface area contributed by atoms with E-state index in [1.54, 1.807) is 0 Å². The molecular weight excluding hydrogens is 186 g/mol. The Bertz CT molecular complexity index is 457. The summed E-state index contributed by atoms with van der Waals surface area (Å²) in [5, 5.41) is 0. The molecule has 0 aromatic heterocycles. The number of allylic oxidation sites excluding steroid dienone is 4. The van der Waals surface area contributed by atoms with E-state index < -0.39 is 0 Å². The van der Waals surface area contributed by atoms with Gasteiger partial charge >= 0.3 is 0 Å². The van der Waals surface area contributed by atoms with Gasteiger partial charge in [-0.25, -0.2) is 0 Å². The molecule has 76 valence electrons. The molecule has 1 spiro atoms. The average Bonchev–Trinajstić information content (AvgIpc) is 2.89. The molecule has 0 aromatic carbocycles. The SMILES string of the molecule is O=C1CC2=NCC3CC23C2CC=CC=C12. The van der Waals surface area contributed by atoms with Crippen LogP contribution in [0.15, 0.2) is 28.8 Å². The van der Waals surface area contributed by atoms with Crippen molar-refractivity contribution in [3.8, 4) is 0 Å². The Balaban J connectivity index is 1.87. The van der Waals surface area contributed by atoms with Crippen molar-refractivity contribution < 1.29 is 4.79 Å². The number of rotatable bonds is 0. The van der Waals surface area contributed by atoms with Gasteiger partial charge in [0.2, 0.25) is 0 Å². The number of ketones is 1. The minimum atomic E-state index is 0.321. The molecule has 1 heterocycles. The quantitative estimate of drug-likeness (QED) is 0.586. The van der Waals surface area contributed by atoms with Gasteiger partial charge in [0.05, 0.1) is 0 Å². The van der Waals surface area contributed by atoms with E-state index in [0.29, 0.717) is 23.5 Å². The summed E-state index contributed by atoms with van der Waals surface area (Å²) in [5.41, 5.74) is 2.65. The Morgan fingerprint density at radius 1 is 1.47 bits per heavy atom. The Hall–Kier alpha value is -1.18. The van der Waals surface area contributed by atoms with E-state index in [-0.39, 0.29) is 0 Å². The first-order valence-corrected chi connectivity index (χ1v) is 5.76. The number of hydrogen-bond acceptors (Lipinski definition) is 2. The molecule has 3 atom stereocenters. The van der Waals surface area contributed by atoms with Crippen molar-refractivity contribution in [2.45, 2.75) is 19.3 Å². The number of hydrogen-bond donors (Lipinski definition) is 0. The number of carbonyl (C=O) groups excluding carboxylic acids is 1. The molecule has 0 aromatic rings. The molecule has 4 rings (SSSR count). The van der Waals surface area contributed by atoms with Crippen LogP contribution in [-0.2, 0) is 4.79 Å². The standard InChI is InChI=1S/C13H13NO/c15-11-5-12-13(6-8(13)7-14-12)10-4-2-1-3-9(10)11/h1-3,8,10H,4-7H2. The number of carbonyl (C=O) groups is 1. The van der Waals surface area contributed by atoms with E-state index in [2.05, 4.69) is 11.1 Å². The smallest absolute Gasteiger partial charge is 0.164 e. The summed E-state index contributed by atoms with van der Waals surface area (Å²) in [4.78, 5) is 16.5. The normalized spacial score (nSPS) is 45.2. The van der Waals surface area contributed by atoms with Gasteiger partial charge in [-0.3, -0.25) is 9.79 Å². The Morgan fingerprint density at radius 3 is 3.27 bits per heavy atom. The molecule has 0 saturated heterocycles. The van der Waals surface area contributed by atoms with Gasteiger partial charge in [-0.1, -0.05) is 18.2 Å². The molecule has 4 aliphatic rings. The molecule has 2 heteroatoms. The molecule has 0 radical (unpaired) electrons. The van der Waals surface area contributed by atoms with E-state index in [1.807, 2.05) is 12.2 Å². The van der Waals surface area contributed by atoms with E-state index in [9.17, 15) is 4.79 Å². The first-order chi connectivity index (χ1) is 7.32. The van der Waals surface area contributed by atoms with Crippen molar-refractivity contribution in [1.29, 1.82) is 0 Å². The van der Waals surface area contributed by atoms with E-state index in [1.165, 1.54) is 12.1 Å². The van der Waals surface area contributed by atoms with Gasteiger partial charge < -0.3 is 0 Å². The lowest BCUT2D eigenvalue weighted by Gasteiger charge is -2.34. The molecule has 2 fully saturated rings. The molecule has 2 saturated carbocycles. The predicted octanol–water partition coefficient (Wildman–Crippen LogP) is 1.92. The second-order valence-corrected chi connectivity index (χ2v) is 5.17. The summed E-state index contributed by atoms with van der Waals surface area (Å²) < 4.78 is 0. The summed E-state index contributed by atoms with van der Waals surface area (Å²) in [6.07, 6.45) is 9.21. The molecule has 15 heavy (non-hydrogen) atoms. The Morgan fingerprint density at radius 2 is 2.40 bits per heavy atom. The lowest BCUT2D eigenvalue weighted by molar-refractivity contribution is -0.115. The zero-order valence-corrected chi connectivity index (χ0v) is 8.57. The Kier molecular flexibility index (Phi) is 1.24. The molecule has 0 N–H and O–H groups in total. The van der Waals surface area contributed by atoms with E-state index >= 15 is 0 Å². The third-order valence-electron chi connectivity index (χ3n) is 4.62. The van der Waals surface area contributed by atoms with Gasteiger partial charge in [-0.15, -0.1) is 0 Å². The van der Waals surface area contributed by atoms with Crippen molar-refractivity contribution in [3.63, 3.8) is 0 Å². The highest BCUT2D eigenvalue weighted by Gasteiger charge is 2.67. The topological polar surface area (TPSA) is 29.4 Å².